The molecular weight excluding hydrogens is 504 g/mol. The van der Waals surface area contributed by atoms with E-state index in [0.717, 1.165) is 5.57 Å². The van der Waals surface area contributed by atoms with Gasteiger partial charge in [0, 0.05) is 0 Å². The van der Waals surface area contributed by atoms with Crippen molar-refractivity contribution in [2.45, 2.75) is 32.3 Å². The maximum absolute atomic E-state index is 10.3. The largest absolute Gasteiger partial charge is 0.397 e. The molecule has 0 radical (unpaired) electrons. The molecule has 0 spiro atoms. The summed E-state index contributed by atoms with van der Waals surface area (Å²) in [5.41, 5.74) is 0.936. The first-order valence-electron chi connectivity index (χ1n) is 11.9. The fourth-order valence-corrected chi connectivity index (χ4v) is 3.03. The molecule has 3 unspecified atom stereocenters. The fourth-order valence-electron chi connectivity index (χ4n) is 2.75. The van der Waals surface area contributed by atoms with E-state index >= 15 is 0 Å². The molecule has 1 saturated heterocycles. The number of ether oxygens (including phenoxy) is 9. The van der Waals surface area contributed by atoms with Gasteiger partial charge in [-0.25, -0.2) is 4.18 Å². The molecule has 36 heavy (non-hydrogen) atoms. The average Bonchev–Trinajstić information content (AvgIpc) is 3.22. The second kappa shape index (κ2) is 21.2. The van der Waals surface area contributed by atoms with Gasteiger partial charge in [0.15, 0.2) is 6.29 Å². The molecule has 1 N–H and O–H groups in total. The summed E-state index contributed by atoms with van der Waals surface area (Å²) in [5.74, 6) is 0. The summed E-state index contributed by atoms with van der Waals surface area (Å²) < 4.78 is 82.5. The molecule has 1 aliphatic rings. The zero-order valence-electron chi connectivity index (χ0n) is 21.3. The molecule has 14 heteroatoms. The van der Waals surface area contributed by atoms with Crippen molar-refractivity contribution < 1.29 is 59.8 Å². The first-order chi connectivity index (χ1) is 17.3. The van der Waals surface area contributed by atoms with E-state index in [0.29, 0.717) is 79.3 Å². The number of hydrogen-bond donors (Lipinski definition) is 1. The number of rotatable bonds is 25. The third kappa shape index (κ3) is 21.3. The van der Waals surface area contributed by atoms with Crippen LogP contribution in [0.1, 0.15) is 13.8 Å². The Hall–Kier alpha value is -0.750. The highest BCUT2D eigenvalue weighted by atomic mass is 32.3. The Morgan fingerprint density at radius 2 is 1.42 bits per heavy atom. The van der Waals surface area contributed by atoms with Gasteiger partial charge in [-0.3, -0.25) is 4.55 Å². The van der Waals surface area contributed by atoms with Crippen molar-refractivity contribution in [2.24, 2.45) is 0 Å². The maximum atomic E-state index is 10.3. The molecule has 214 valence electrons. The maximum Gasteiger partial charge on any atom is 0.397 e. The van der Waals surface area contributed by atoms with Crippen molar-refractivity contribution in [3.05, 3.63) is 12.2 Å². The van der Waals surface area contributed by atoms with Crippen molar-refractivity contribution in [3.63, 3.8) is 0 Å². The molecule has 1 heterocycles. The molecule has 1 rings (SSSR count). The van der Waals surface area contributed by atoms with Gasteiger partial charge in [-0.2, -0.15) is 8.42 Å². The van der Waals surface area contributed by atoms with Gasteiger partial charge < -0.3 is 42.6 Å². The molecule has 0 aromatic rings. The van der Waals surface area contributed by atoms with E-state index in [2.05, 4.69) is 10.8 Å². The Morgan fingerprint density at radius 3 is 1.92 bits per heavy atom. The molecule has 0 saturated carbocycles. The van der Waals surface area contributed by atoms with Crippen LogP contribution in [-0.2, 0) is 57.2 Å². The first kappa shape index (κ1) is 33.3. The lowest BCUT2D eigenvalue weighted by Gasteiger charge is -2.19. The van der Waals surface area contributed by atoms with Crippen molar-refractivity contribution in [3.8, 4) is 0 Å². The van der Waals surface area contributed by atoms with Crippen LogP contribution in [0, 0.1) is 0 Å². The van der Waals surface area contributed by atoms with Crippen LogP contribution >= 0.6 is 0 Å². The van der Waals surface area contributed by atoms with Gasteiger partial charge in [0.25, 0.3) is 0 Å². The monoisotopic (exact) mass is 546 g/mol. The van der Waals surface area contributed by atoms with Gasteiger partial charge >= 0.3 is 10.4 Å². The first-order valence-corrected chi connectivity index (χ1v) is 13.2. The molecule has 0 aromatic carbocycles. The minimum Gasteiger partial charge on any atom is -0.377 e. The van der Waals surface area contributed by atoms with E-state index < -0.39 is 10.4 Å². The van der Waals surface area contributed by atoms with Gasteiger partial charge in [-0.1, -0.05) is 12.2 Å². The smallest absolute Gasteiger partial charge is 0.377 e. The lowest BCUT2D eigenvalue weighted by Crippen LogP contribution is -2.30. The third-order valence-electron chi connectivity index (χ3n) is 4.32. The van der Waals surface area contributed by atoms with Gasteiger partial charge in [0.1, 0.15) is 12.2 Å². The van der Waals surface area contributed by atoms with Crippen LogP contribution < -0.4 is 0 Å². The molecular formula is C22H42O13S. The summed E-state index contributed by atoms with van der Waals surface area (Å²) in [6, 6.07) is 0. The Morgan fingerprint density at radius 1 is 0.889 bits per heavy atom. The van der Waals surface area contributed by atoms with Crippen LogP contribution in [-0.4, -0.2) is 131 Å². The zero-order valence-corrected chi connectivity index (χ0v) is 22.1. The van der Waals surface area contributed by atoms with E-state index in [9.17, 15) is 8.42 Å². The summed E-state index contributed by atoms with van der Waals surface area (Å²) in [4.78, 5) is 0. The zero-order chi connectivity index (χ0) is 26.5. The topological polar surface area (TPSA) is 147 Å². The molecule has 3 atom stereocenters. The Balaban J connectivity index is 1.95. The van der Waals surface area contributed by atoms with E-state index in [1.807, 2.05) is 13.8 Å². The van der Waals surface area contributed by atoms with Crippen molar-refractivity contribution >= 4 is 10.4 Å². The van der Waals surface area contributed by atoms with Crippen LogP contribution in [0.3, 0.4) is 0 Å². The van der Waals surface area contributed by atoms with E-state index in [1.165, 1.54) is 0 Å². The summed E-state index contributed by atoms with van der Waals surface area (Å²) in [7, 11) is -4.43. The van der Waals surface area contributed by atoms with Crippen LogP contribution in [0.5, 0.6) is 0 Å². The number of hydrogen-bond acceptors (Lipinski definition) is 12. The Kier molecular flexibility index (Phi) is 19.6. The highest BCUT2D eigenvalue weighted by molar-refractivity contribution is 7.80. The van der Waals surface area contributed by atoms with Crippen LogP contribution in [0.4, 0.5) is 0 Å². The minimum absolute atomic E-state index is 0.0280. The highest BCUT2D eigenvalue weighted by Gasteiger charge is 2.23. The second-order valence-corrected chi connectivity index (χ2v) is 8.95. The van der Waals surface area contributed by atoms with Gasteiger partial charge in [0.2, 0.25) is 0 Å². The van der Waals surface area contributed by atoms with Crippen LogP contribution in [0.2, 0.25) is 0 Å². The highest BCUT2D eigenvalue weighted by Crippen LogP contribution is 2.11. The van der Waals surface area contributed by atoms with Crippen molar-refractivity contribution in [2.75, 3.05) is 99.1 Å². The van der Waals surface area contributed by atoms with Crippen LogP contribution in [0.25, 0.3) is 0 Å². The second-order valence-electron chi connectivity index (χ2n) is 7.86. The Labute approximate surface area is 214 Å². The molecule has 0 amide bonds. The van der Waals surface area contributed by atoms with E-state index in [4.69, 9.17) is 47.2 Å². The summed E-state index contributed by atoms with van der Waals surface area (Å²) in [5, 5.41) is 0. The molecule has 13 nitrogen and oxygen atoms in total. The molecule has 1 aliphatic heterocycles. The SMILES string of the molecule is C=C(C)COCC(COCC1COC(C)O1)OCCOCCOCCOCCOCCOS(=O)(=O)O. The van der Waals surface area contributed by atoms with Gasteiger partial charge in [-0.15, -0.1) is 0 Å². The quantitative estimate of drug-likeness (QED) is 0.0971. The Bertz CT molecular complexity index is 646. The molecule has 1 fully saturated rings. The summed E-state index contributed by atoms with van der Waals surface area (Å²) in [6.07, 6.45) is -0.506. The molecule has 0 aliphatic carbocycles. The molecule has 0 bridgehead atoms. The van der Waals surface area contributed by atoms with E-state index in [1.54, 1.807) is 0 Å². The van der Waals surface area contributed by atoms with Crippen molar-refractivity contribution in [1.82, 2.24) is 0 Å². The molecule has 0 aromatic heterocycles. The lowest BCUT2D eigenvalue weighted by atomic mass is 10.3. The van der Waals surface area contributed by atoms with Gasteiger partial charge in [-0.05, 0) is 13.8 Å². The third-order valence-corrected chi connectivity index (χ3v) is 4.78. The predicted molar refractivity (Wildman–Crippen MR) is 127 cm³/mol. The standard InChI is InChI=1S/C22H42O13S/c1-19(2)14-30-15-21(16-31-17-22-18-33-20(3)35-22)32-12-10-28-8-6-26-4-5-27-7-9-29-11-13-34-36(23,24)25/h20-22H,1,4-18H2,2-3H3,(H,23,24,25). The summed E-state index contributed by atoms with van der Waals surface area (Å²) >= 11 is 0. The van der Waals surface area contributed by atoms with Crippen LogP contribution in [0.15, 0.2) is 12.2 Å². The summed E-state index contributed by atoms with van der Waals surface area (Å²) in [6.45, 7) is 12.6. The van der Waals surface area contributed by atoms with Crippen molar-refractivity contribution in [1.29, 1.82) is 0 Å². The predicted octanol–water partition coefficient (Wildman–Crippen LogP) is 0.628. The fraction of sp³-hybridized carbons (Fsp3) is 0.909. The minimum atomic E-state index is -4.43. The average molecular weight is 547 g/mol. The van der Waals surface area contributed by atoms with Gasteiger partial charge in [0.05, 0.1) is 99.1 Å². The lowest BCUT2D eigenvalue weighted by molar-refractivity contribution is -0.0920. The van der Waals surface area contributed by atoms with E-state index in [-0.39, 0.29) is 38.3 Å². The normalized spacial score (nSPS) is 19.1.